The predicted octanol–water partition coefficient (Wildman–Crippen LogP) is 2.93. The van der Waals surface area contributed by atoms with E-state index < -0.39 is 17.5 Å². The number of imidazole rings is 1. The fraction of sp³-hybridized carbons (Fsp3) is 0. The van der Waals surface area contributed by atoms with Gasteiger partial charge in [0.25, 0.3) is 0 Å². The van der Waals surface area contributed by atoms with Gasteiger partial charge in [0.15, 0.2) is 17.5 Å². The van der Waals surface area contributed by atoms with Crippen LogP contribution in [0, 0.1) is 17.5 Å². The molecular weight excluding hydrogens is 281 g/mol. The second-order valence-corrected chi connectivity index (χ2v) is 4.34. The van der Waals surface area contributed by atoms with E-state index in [1.807, 2.05) is 0 Å². The molecular formula is C14H9F3N4. The zero-order valence-electron chi connectivity index (χ0n) is 10.6. The van der Waals surface area contributed by atoms with Crippen LogP contribution in [-0.2, 0) is 0 Å². The third-order valence-electron chi connectivity index (χ3n) is 2.97. The maximum atomic E-state index is 13.3. The smallest absolute Gasteiger partial charge is 0.194 e. The Labute approximate surface area is 117 Å². The lowest BCUT2D eigenvalue weighted by Gasteiger charge is -2.09. The van der Waals surface area contributed by atoms with Crippen LogP contribution >= 0.6 is 0 Å². The van der Waals surface area contributed by atoms with Gasteiger partial charge in [-0.15, -0.1) is 0 Å². The molecule has 2 heterocycles. The summed E-state index contributed by atoms with van der Waals surface area (Å²) in [4.78, 5) is 7.89. The van der Waals surface area contributed by atoms with Gasteiger partial charge in [0.05, 0.1) is 23.9 Å². The Bertz CT molecular complexity index is 773. The average molecular weight is 290 g/mol. The monoisotopic (exact) mass is 290 g/mol. The third kappa shape index (κ3) is 2.33. The minimum Gasteiger partial charge on any atom is -0.384 e. The van der Waals surface area contributed by atoms with Crippen LogP contribution in [0.4, 0.5) is 19.0 Å². The van der Waals surface area contributed by atoms with E-state index in [1.165, 1.54) is 23.3 Å². The van der Waals surface area contributed by atoms with Crippen LogP contribution in [0.5, 0.6) is 0 Å². The van der Waals surface area contributed by atoms with E-state index >= 15 is 0 Å². The molecule has 0 fully saturated rings. The number of aromatic nitrogens is 3. The van der Waals surface area contributed by atoms with Crippen LogP contribution in [0.3, 0.4) is 0 Å². The maximum Gasteiger partial charge on any atom is 0.194 e. The van der Waals surface area contributed by atoms with Crippen molar-refractivity contribution in [2.45, 2.75) is 0 Å². The first-order valence-corrected chi connectivity index (χ1v) is 5.95. The Kier molecular flexibility index (Phi) is 3.09. The third-order valence-corrected chi connectivity index (χ3v) is 2.97. The van der Waals surface area contributed by atoms with E-state index in [-0.39, 0.29) is 5.69 Å². The summed E-state index contributed by atoms with van der Waals surface area (Å²) >= 11 is 0. The number of nitrogen functional groups attached to an aromatic ring is 1. The van der Waals surface area contributed by atoms with Gasteiger partial charge in [-0.1, -0.05) is 0 Å². The predicted molar refractivity (Wildman–Crippen MR) is 71.1 cm³/mol. The van der Waals surface area contributed by atoms with E-state index in [1.54, 1.807) is 12.1 Å². The first-order chi connectivity index (χ1) is 10.1. The number of halogens is 3. The number of nitrogens with zero attached hydrogens (tertiary/aromatic N) is 3. The topological polar surface area (TPSA) is 56.7 Å². The number of pyridine rings is 1. The molecule has 0 aliphatic carbocycles. The summed E-state index contributed by atoms with van der Waals surface area (Å²) in [5, 5.41) is 0. The molecule has 0 radical (unpaired) electrons. The summed E-state index contributed by atoms with van der Waals surface area (Å²) in [6, 6.07) is 5.09. The molecule has 0 aliphatic rings. The van der Waals surface area contributed by atoms with Crippen LogP contribution in [-0.4, -0.2) is 14.5 Å². The second kappa shape index (κ2) is 4.93. The molecule has 0 aliphatic heterocycles. The summed E-state index contributed by atoms with van der Waals surface area (Å²) in [6.07, 6.45) is 4.39. The van der Waals surface area contributed by atoms with E-state index in [0.717, 1.165) is 12.1 Å². The molecule has 0 amide bonds. The molecule has 2 aromatic heterocycles. The second-order valence-electron chi connectivity index (χ2n) is 4.34. The summed E-state index contributed by atoms with van der Waals surface area (Å²) in [5.41, 5.74) is 6.84. The first kappa shape index (κ1) is 13.2. The van der Waals surface area contributed by atoms with Crippen LogP contribution in [0.25, 0.3) is 16.9 Å². The van der Waals surface area contributed by atoms with Gasteiger partial charge in [-0.25, -0.2) is 23.1 Å². The molecule has 0 saturated heterocycles. The number of anilines is 1. The highest BCUT2D eigenvalue weighted by atomic mass is 19.2. The zero-order chi connectivity index (χ0) is 15.0. The lowest BCUT2D eigenvalue weighted by Crippen LogP contribution is -2.00. The van der Waals surface area contributed by atoms with E-state index in [0.29, 0.717) is 17.1 Å². The van der Waals surface area contributed by atoms with Gasteiger partial charge < -0.3 is 5.73 Å². The molecule has 4 nitrogen and oxygen atoms in total. The lowest BCUT2D eigenvalue weighted by atomic mass is 10.2. The highest BCUT2D eigenvalue weighted by Gasteiger charge is 2.14. The van der Waals surface area contributed by atoms with Gasteiger partial charge in [-0.05, 0) is 12.1 Å². The van der Waals surface area contributed by atoms with Crippen LogP contribution in [0.1, 0.15) is 0 Å². The molecule has 7 heteroatoms. The highest BCUT2D eigenvalue weighted by molar-refractivity contribution is 5.62. The number of nitrogens with two attached hydrogens (primary N) is 1. The fourth-order valence-electron chi connectivity index (χ4n) is 1.95. The molecule has 0 spiro atoms. The summed E-state index contributed by atoms with van der Waals surface area (Å²) < 4.78 is 41.1. The van der Waals surface area contributed by atoms with Gasteiger partial charge in [0.2, 0.25) is 0 Å². The van der Waals surface area contributed by atoms with Crippen LogP contribution < -0.4 is 5.73 Å². The Balaban J connectivity index is 2.13. The van der Waals surface area contributed by atoms with Crippen molar-refractivity contribution in [1.29, 1.82) is 0 Å². The molecule has 0 atom stereocenters. The number of hydrogen-bond acceptors (Lipinski definition) is 3. The van der Waals surface area contributed by atoms with Crippen molar-refractivity contribution in [3.05, 3.63) is 60.4 Å². The first-order valence-electron chi connectivity index (χ1n) is 5.95. The van der Waals surface area contributed by atoms with Crippen LogP contribution in [0.2, 0.25) is 0 Å². The van der Waals surface area contributed by atoms with Crippen molar-refractivity contribution in [1.82, 2.24) is 14.5 Å². The average Bonchev–Trinajstić information content (AvgIpc) is 2.94. The van der Waals surface area contributed by atoms with Gasteiger partial charge in [0.1, 0.15) is 5.82 Å². The molecule has 106 valence electrons. The van der Waals surface area contributed by atoms with Gasteiger partial charge in [0, 0.05) is 23.9 Å². The molecule has 3 rings (SSSR count). The zero-order valence-corrected chi connectivity index (χ0v) is 10.6. The number of benzene rings is 1. The van der Waals surface area contributed by atoms with Crippen molar-refractivity contribution < 1.29 is 13.2 Å². The van der Waals surface area contributed by atoms with Gasteiger partial charge in [-0.2, -0.15) is 0 Å². The van der Waals surface area contributed by atoms with Crippen molar-refractivity contribution in [3.8, 4) is 16.9 Å². The van der Waals surface area contributed by atoms with E-state index in [9.17, 15) is 13.2 Å². The minimum atomic E-state index is -1.51. The largest absolute Gasteiger partial charge is 0.384 e. The number of rotatable bonds is 2. The minimum absolute atomic E-state index is 0.121. The summed E-state index contributed by atoms with van der Waals surface area (Å²) in [5.74, 6) is -3.68. The van der Waals surface area contributed by atoms with Gasteiger partial charge >= 0.3 is 0 Å². The van der Waals surface area contributed by atoms with Crippen molar-refractivity contribution >= 4 is 5.82 Å². The highest BCUT2D eigenvalue weighted by Crippen LogP contribution is 2.24. The molecule has 2 N–H and O–H groups in total. The normalized spacial score (nSPS) is 10.8. The molecule has 1 aromatic carbocycles. The molecule has 21 heavy (non-hydrogen) atoms. The number of hydrogen-bond donors (Lipinski definition) is 1. The van der Waals surface area contributed by atoms with Crippen molar-refractivity contribution in [2.75, 3.05) is 5.73 Å². The van der Waals surface area contributed by atoms with Crippen molar-refractivity contribution in [2.24, 2.45) is 0 Å². The lowest BCUT2D eigenvalue weighted by molar-refractivity contribution is 0.446. The maximum absolute atomic E-state index is 13.3. The molecule has 3 aromatic rings. The summed E-state index contributed by atoms with van der Waals surface area (Å²) in [7, 11) is 0. The molecule has 0 saturated carbocycles. The Morgan fingerprint density at radius 2 is 1.71 bits per heavy atom. The Morgan fingerprint density at radius 1 is 1.00 bits per heavy atom. The molecule has 0 unspecified atom stereocenters. The van der Waals surface area contributed by atoms with Crippen molar-refractivity contribution in [3.63, 3.8) is 0 Å². The standard InChI is InChI=1S/C14H9F3N4/c15-10-3-9(4-11(16)14(10)17)21-7-19-6-12(21)8-1-2-13(18)20-5-8/h1-7H,(H2,18,20). The van der Waals surface area contributed by atoms with Crippen LogP contribution in [0.15, 0.2) is 43.0 Å². The quantitative estimate of drug-likeness (QED) is 0.738. The summed E-state index contributed by atoms with van der Waals surface area (Å²) in [6.45, 7) is 0. The van der Waals surface area contributed by atoms with E-state index in [2.05, 4.69) is 9.97 Å². The fourth-order valence-corrected chi connectivity index (χ4v) is 1.95. The molecule has 0 bridgehead atoms. The Hall–Kier alpha value is -2.83. The Morgan fingerprint density at radius 3 is 2.33 bits per heavy atom. The van der Waals surface area contributed by atoms with E-state index in [4.69, 9.17) is 5.73 Å². The SMILES string of the molecule is Nc1ccc(-c2cncn2-c2cc(F)c(F)c(F)c2)cn1. The van der Waals surface area contributed by atoms with Gasteiger partial charge in [-0.3, -0.25) is 4.57 Å².